The summed E-state index contributed by atoms with van der Waals surface area (Å²) < 4.78 is 35.5. The molecule has 0 heterocycles. The normalized spacial score (nSPS) is 14.8. The van der Waals surface area contributed by atoms with Crippen LogP contribution in [0.1, 0.15) is 12.5 Å². The van der Waals surface area contributed by atoms with Crippen LogP contribution in [0.2, 0.25) is 0 Å². The van der Waals surface area contributed by atoms with Gasteiger partial charge in [0, 0.05) is 11.8 Å². The molecular weight excluding hydrogens is 233 g/mol. The van der Waals surface area contributed by atoms with Crippen LogP contribution in [0.25, 0.3) is 0 Å². The van der Waals surface area contributed by atoms with Crippen molar-refractivity contribution in [2.75, 3.05) is 6.26 Å². The molecule has 1 aromatic carbocycles. The Bertz CT molecular complexity index is 511. The highest BCUT2D eigenvalue weighted by Gasteiger charge is 2.23. The van der Waals surface area contributed by atoms with E-state index in [-0.39, 0.29) is 11.3 Å². The minimum Gasteiger partial charge on any atom is -0.411 e. The van der Waals surface area contributed by atoms with E-state index < -0.39 is 20.9 Å². The van der Waals surface area contributed by atoms with Gasteiger partial charge < -0.3 is 5.21 Å². The lowest BCUT2D eigenvalue weighted by Gasteiger charge is -2.11. The van der Waals surface area contributed by atoms with Gasteiger partial charge in [-0.05, 0) is 19.1 Å². The van der Waals surface area contributed by atoms with Gasteiger partial charge >= 0.3 is 0 Å². The molecule has 4 nitrogen and oxygen atoms in total. The van der Waals surface area contributed by atoms with Gasteiger partial charge in [0.1, 0.15) is 16.8 Å². The van der Waals surface area contributed by atoms with Crippen LogP contribution in [-0.4, -0.2) is 30.8 Å². The largest absolute Gasteiger partial charge is 0.411 e. The number of hydrogen-bond acceptors (Lipinski definition) is 4. The fraction of sp³-hybridized carbons (Fsp3) is 0.300. The molecule has 6 heteroatoms. The van der Waals surface area contributed by atoms with Gasteiger partial charge in [0.05, 0.1) is 0 Å². The first-order valence-electron chi connectivity index (χ1n) is 4.53. The predicted octanol–water partition coefficient (Wildman–Crippen LogP) is 1.44. The summed E-state index contributed by atoms with van der Waals surface area (Å²) in [5.41, 5.74) is 0.183. The van der Waals surface area contributed by atoms with Crippen molar-refractivity contribution in [1.29, 1.82) is 0 Å². The second-order valence-electron chi connectivity index (χ2n) is 3.47. The zero-order valence-corrected chi connectivity index (χ0v) is 9.70. The molecule has 1 unspecified atom stereocenters. The second-order valence-corrected chi connectivity index (χ2v) is 5.83. The van der Waals surface area contributed by atoms with Gasteiger partial charge in [0.15, 0.2) is 9.84 Å². The lowest BCUT2D eigenvalue weighted by Crippen LogP contribution is -2.27. The minimum atomic E-state index is -3.39. The van der Waals surface area contributed by atoms with Gasteiger partial charge in [0.2, 0.25) is 0 Å². The Morgan fingerprint density at radius 2 is 2.12 bits per heavy atom. The van der Waals surface area contributed by atoms with Crippen LogP contribution in [0.15, 0.2) is 29.4 Å². The zero-order valence-electron chi connectivity index (χ0n) is 8.88. The summed E-state index contributed by atoms with van der Waals surface area (Å²) in [6, 6.07) is 5.25. The van der Waals surface area contributed by atoms with Gasteiger partial charge in [-0.15, -0.1) is 0 Å². The van der Waals surface area contributed by atoms with E-state index in [0.717, 1.165) is 12.3 Å². The zero-order chi connectivity index (χ0) is 12.3. The molecule has 0 amide bonds. The number of benzene rings is 1. The molecule has 0 aromatic heterocycles. The molecule has 1 aromatic rings. The van der Waals surface area contributed by atoms with Crippen molar-refractivity contribution in [2.45, 2.75) is 12.2 Å². The van der Waals surface area contributed by atoms with Crippen molar-refractivity contribution >= 4 is 15.5 Å². The lowest BCUT2D eigenvalue weighted by molar-refractivity contribution is 0.318. The summed E-state index contributed by atoms with van der Waals surface area (Å²) in [5.74, 6) is -0.514. The minimum absolute atomic E-state index is 0.0676. The number of oxime groups is 1. The topological polar surface area (TPSA) is 66.7 Å². The fourth-order valence-electron chi connectivity index (χ4n) is 1.22. The van der Waals surface area contributed by atoms with Crippen LogP contribution in [0, 0.1) is 5.82 Å². The van der Waals surface area contributed by atoms with E-state index in [1.54, 1.807) is 0 Å². The average Bonchev–Trinajstić information content (AvgIpc) is 2.17. The first kappa shape index (κ1) is 12.6. The van der Waals surface area contributed by atoms with Crippen molar-refractivity contribution in [3.63, 3.8) is 0 Å². The summed E-state index contributed by atoms with van der Waals surface area (Å²) in [6.07, 6.45) is 1.03. The molecule has 0 aliphatic rings. The van der Waals surface area contributed by atoms with E-state index in [9.17, 15) is 12.8 Å². The molecule has 1 N–H and O–H groups in total. The van der Waals surface area contributed by atoms with Gasteiger partial charge in [-0.1, -0.05) is 17.3 Å². The number of rotatable bonds is 3. The summed E-state index contributed by atoms with van der Waals surface area (Å²) in [4.78, 5) is 0. The second kappa shape index (κ2) is 4.61. The highest BCUT2D eigenvalue weighted by atomic mass is 32.2. The molecule has 0 radical (unpaired) electrons. The Labute approximate surface area is 93.3 Å². The van der Waals surface area contributed by atoms with Crippen LogP contribution in [-0.2, 0) is 9.84 Å². The quantitative estimate of drug-likeness (QED) is 0.497. The number of halogens is 1. The van der Waals surface area contributed by atoms with Crippen LogP contribution in [0.4, 0.5) is 4.39 Å². The maximum atomic E-state index is 12.9. The summed E-state index contributed by atoms with van der Waals surface area (Å²) in [7, 11) is -3.39. The summed E-state index contributed by atoms with van der Waals surface area (Å²) >= 11 is 0. The molecule has 0 saturated heterocycles. The van der Waals surface area contributed by atoms with Crippen LogP contribution in [0.3, 0.4) is 0 Å². The van der Waals surface area contributed by atoms with Gasteiger partial charge in [-0.25, -0.2) is 12.8 Å². The van der Waals surface area contributed by atoms with E-state index in [2.05, 4.69) is 5.16 Å². The average molecular weight is 245 g/mol. The maximum Gasteiger partial charge on any atom is 0.155 e. The summed E-state index contributed by atoms with van der Waals surface area (Å²) in [6.45, 7) is 1.38. The highest BCUT2D eigenvalue weighted by molar-refractivity contribution is 7.92. The Balaban J connectivity index is 3.20. The molecule has 1 atom stereocenters. The highest BCUT2D eigenvalue weighted by Crippen LogP contribution is 2.12. The molecule has 1 rings (SSSR count). The van der Waals surface area contributed by atoms with Crippen LogP contribution < -0.4 is 0 Å². The first-order chi connectivity index (χ1) is 7.36. The first-order valence-corrected chi connectivity index (χ1v) is 6.48. The fourth-order valence-corrected chi connectivity index (χ4v) is 1.81. The molecule has 0 aliphatic carbocycles. The smallest absolute Gasteiger partial charge is 0.155 e. The van der Waals surface area contributed by atoms with Crippen molar-refractivity contribution in [1.82, 2.24) is 0 Å². The molecule has 0 fully saturated rings. The Morgan fingerprint density at radius 3 is 2.56 bits per heavy atom. The number of hydrogen-bond donors (Lipinski definition) is 1. The third-order valence-corrected chi connectivity index (χ3v) is 3.76. The molecule has 88 valence electrons. The molecule has 0 aliphatic heterocycles. The van der Waals surface area contributed by atoms with Crippen molar-refractivity contribution in [3.05, 3.63) is 35.6 Å². The van der Waals surface area contributed by atoms with Gasteiger partial charge in [-0.3, -0.25) is 0 Å². The van der Waals surface area contributed by atoms with Crippen molar-refractivity contribution in [2.24, 2.45) is 5.16 Å². The summed E-state index contributed by atoms with van der Waals surface area (Å²) in [5, 5.41) is 10.8. The Hall–Kier alpha value is -1.43. The standard InChI is InChI=1S/C10H12FNO3S/c1-7(16(2,14)15)10(12-13)8-4-3-5-9(11)6-8/h3-7,13H,1-2H3/b12-10-. The van der Waals surface area contributed by atoms with Crippen molar-refractivity contribution < 1.29 is 18.0 Å². The van der Waals surface area contributed by atoms with E-state index in [1.807, 2.05) is 0 Å². The van der Waals surface area contributed by atoms with Crippen LogP contribution in [0.5, 0.6) is 0 Å². The molecule has 16 heavy (non-hydrogen) atoms. The van der Waals surface area contributed by atoms with Gasteiger partial charge in [0.25, 0.3) is 0 Å². The number of sulfone groups is 1. The van der Waals surface area contributed by atoms with E-state index in [0.29, 0.717) is 0 Å². The van der Waals surface area contributed by atoms with E-state index >= 15 is 0 Å². The Morgan fingerprint density at radius 1 is 1.50 bits per heavy atom. The maximum absolute atomic E-state index is 12.9. The monoisotopic (exact) mass is 245 g/mol. The third kappa shape index (κ3) is 2.79. The number of nitrogens with zero attached hydrogens (tertiary/aromatic N) is 1. The molecular formula is C10H12FNO3S. The Kier molecular flexibility index (Phi) is 3.64. The molecule has 0 bridgehead atoms. The van der Waals surface area contributed by atoms with Gasteiger partial charge in [-0.2, -0.15) is 0 Å². The van der Waals surface area contributed by atoms with Crippen LogP contribution >= 0.6 is 0 Å². The van der Waals surface area contributed by atoms with E-state index in [1.165, 1.54) is 25.1 Å². The third-order valence-electron chi connectivity index (χ3n) is 2.26. The molecule has 0 spiro atoms. The van der Waals surface area contributed by atoms with E-state index in [4.69, 9.17) is 5.21 Å². The lowest BCUT2D eigenvalue weighted by atomic mass is 10.1. The SMILES string of the molecule is CC(/C(=N/O)c1cccc(F)c1)S(C)(=O)=O. The van der Waals surface area contributed by atoms with Crippen molar-refractivity contribution in [3.8, 4) is 0 Å². The predicted molar refractivity (Wildman–Crippen MR) is 59.0 cm³/mol. The molecule has 0 saturated carbocycles.